The van der Waals surface area contributed by atoms with Gasteiger partial charge in [0.15, 0.2) is 11.4 Å². The van der Waals surface area contributed by atoms with Crippen molar-refractivity contribution in [3.63, 3.8) is 0 Å². The third-order valence-corrected chi connectivity index (χ3v) is 6.07. The summed E-state index contributed by atoms with van der Waals surface area (Å²) in [6, 6.07) is 14.4. The van der Waals surface area contributed by atoms with E-state index in [1.807, 2.05) is 25.1 Å². The maximum absolute atomic E-state index is 13.3. The molecule has 0 atom stereocenters. The van der Waals surface area contributed by atoms with Crippen LogP contribution in [0, 0.1) is 17.0 Å². The number of nitro groups is 1. The van der Waals surface area contributed by atoms with Crippen molar-refractivity contribution in [2.45, 2.75) is 6.92 Å². The van der Waals surface area contributed by atoms with Gasteiger partial charge in [0.25, 0.3) is 5.69 Å². The third kappa shape index (κ3) is 3.90. The second-order valence-corrected chi connectivity index (χ2v) is 8.64. The molecule has 0 spiro atoms. The molecule has 11 heteroatoms. The zero-order valence-electron chi connectivity index (χ0n) is 18.0. The topological polar surface area (TPSA) is 125 Å². The Bertz CT molecular complexity index is 1700. The molecule has 0 saturated heterocycles. The maximum atomic E-state index is 13.3. The molecule has 0 bridgehead atoms. The molecule has 0 aliphatic rings. The number of carbonyl (C=O) groups is 1. The van der Waals surface area contributed by atoms with Gasteiger partial charge >= 0.3 is 0 Å². The van der Waals surface area contributed by atoms with Crippen LogP contribution in [0.3, 0.4) is 0 Å². The van der Waals surface area contributed by atoms with E-state index in [0.717, 1.165) is 11.1 Å². The Morgan fingerprint density at radius 3 is 2.69 bits per heavy atom. The summed E-state index contributed by atoms with van der Waals surface area (Å²) >= 11 is 12.2. The minimum atomic E-state index is -0.642. The number of fused-ring (bicyclic) bond motifs is 2. The number of hydrogen-bond acceptors (Lipinski definition) is 6. The van der Waals surface area contributed by atoms with Crippen LogP contribution in [0.15, 0.2) is 71.0 Å². The lowest BCUT2D eigenvalue weighted by atomic mass is 10.0. The normalized spacial score (nSPS) is 11.6. The van der Waals surface area contributed by atoms with Crippen molar-refractivity contribution in [2.75, 3.05) is 0 Å². The SMILES string of the molecule is Cc1cc2ccccn2c1C(=O)c1ccc(N=Nc2c(O)[nH]c3c(Cl)cc(Cl)cc23)c([N+](=O)[O-])c1. The molecule has 0 amide bonds. The van der Waals surface area contributed by atoms with Crippen molar-refractivity contribution >= 4 is 62.5 Å². The summed E-state index contributed by atoms with van der Waals surface area (Å²) in [6.07, 6.45) is 1.76. The van der Waals surface area contributed by atoms with Crippen molar-refractivity contribution < 1.29 is 14.8 Å². The van der Waals surface area contributed by atoms with E-state index in [0.29, 0.717) is 21.6 Å². The van der Waals surface area contributed by atoms with E-state index in [4.69, 9.17) is 23.2 Å². The molecule has 2 N–H and O–H groups in total. The summed E-state index contributed by atoms with van der Waals surface area (Å²) < 4.78 is 1.74. The number of nitro benzene ring substituents is 1. The number of aromatic nitrogens is 2. The minimum Gasteiger partial charge on any atom is -0.493 e. The van der Waals surface area contributed by atoms with E-state index >= 15 is 0 Å². The van der Waals surface area contributed by atoms with Crippen LogP contribution >= 0.6 is 23.2 Å². The number of aromatic hydroxyl groups is 1. The fourth-order valence-corrected chi connectivity index (χ4v) is 4.52. The summed E-state index contributed by atoms with van der Waals surface area (Å²) in [5.74, 6) is -0.684. The fourth-order valence-electron chi connectivity index (χ4n) is 3.98. The first-order valence-electron chi connectivity index (χ1n) is 10.3. The Morgan fingerprint density at radius 2 is 1.91 bits per heavy atom. The number of carbonyl (C=O) groups excluding carboxylic acids is 1. The van der Waals surface area contributed by atoms with Crippen LogP contribution in [-0.4, -0.2) is 25.2 Å². The lowest BCUT2D eigenvalue weighted by Gasteiger charge is -2.05. The average Bonchev–Trinajstić information content (AvgIpc) is 3.32. The zero-order valence-corrected chi connectivity index (χ0v) is 19.5. The Balaban J connectivity index is 1.56. The fraction of sp³-hybridized carbons (Fsp3) is 0.0417. The van der Waals surface area contributed by atoms with Gasteiger partial charge < -0.3 is 14.5 Å². The molecule has 0 fully saturated rings. The van der Waals surface area contributed by atoms with Crippen LogP contribution in [0.5, 0.6) is 5.88 Å². The summed E-state index contributed by atoms with van der Waals surface area (Å²) in [5.41, 5.74) is 2.06. The first-order chi connectivity index (χ1) is 16.7. The molecule has 0 aliphatic carbocycles. The van der Waals surface area contributed by atoms with Gasteiger partial charge in [0, 0.05) is 33.8 Å². The van der Waals surface area contributed by atoms with E-state index in [1.54, 1.807) is 16.7 Å². The molecule has 5 aromatic rings. The van der Waals surface area contributed by atoms with E-state index < -0.39 is 10.6 Å². The lowest BCUT2D eigenvalue weighted by Crippen LogP contribution is -2.07. The van der Waals surface area contributed by atoms with Crippen LogP contribution < -0.4 is 0 Å². The predicted octanol–water partition coefficient (Wildman–Crippen LogP) is 7.30. The van der Waals surface area contributed by atoms with Crippen molar-refractivity contribution in [1.82, 2.24) is 9.38 Å². The van der Waals surface area contributed by atoms with E-state index in [2.05, 4.69) is 15.2 Å². The maximum Gasteiger partial charge on any atom is 0.297 e. The molecule has 0 saturated carbocycles. The quantitative estimate of drug-likeness (QED) is 0.112. The van der Waals surface area contributed by atoms with E-state index in [-0.39, 0.29) is 33.6 Å². The van der Waals surface area contributed by atoms with Crippen molar-refractivity contribution in [3.05, 3.63) is 97.8 Å². The van der Waals surface area contributed by atoms with Gasteiger partial charge in [-0.25, -0.2) is 0 Å². The third-order valence-electron chi connectivity index (χ3n) is 5.56. The van der Waals surface area contributed by atoms with Gasteiger partial charge in [-0.3, -0.25) is 14.9 Å². The second-order valence-electron chi connectivity index (χ2n) is 7.79. The Labute approximate surface area is 207 Å². The van der Waals surface area contributed by atoms with Gasteiger partial charge in [0.1, 0.15) is 0 Å². The van der Waals surface area contributed by atoms with Gasteiger partial charge in [-0.05, 0) is 55.0 Å². The number of pyridine rings is 1. The van der Waals surface area contributed by atoms with Crippen LogP contribution in [0.4, 0.5) is 17.1 Å². The van der Waals surface area contributed by atoms with Crippen molar-refractivity contribution in [3.8, 4) is 5.88 Å². The number of nitrogens with one attached hydrogen (secondary N) is 1. The number of azo groups is 1. The summed E-state index contributed by atoms with van der Waals surface area (Å²) in [7, 11) is 0. The van der Waals surface area contributed by atoms with Gasteiger partial charge in [-0.2, -0.15) is 0 Å². The van der Waals surface area contributed by atoms with E-state index in [9.17, 15) is 20.0 Å². The van der Waals surface area contributed by atoms with Crippen molar-refractivity contribution in [2.24, 2.45) is 10.2 Å². The van der Waals surface area contributed by atoms with E-state index in [1.165, 1.54) is 30.3 Å². The van der Waals surface area contributed by atoms with Crippen molar-refractivity contribution in [1.29, 1.82) is 0 Å². The standard InChI is InChI=1S/C24H15Cl2N5O4/c1-12-8-15-4-2-3-7-30(15)22(12)23(32)13-5-6-18(19(9-13)31(34)35)28-29-21-16-10-14(25)11-17(26)20(16)27-24(21)33/h2-11,27,33H,1H3. The molecule has 5 rings (SSSR count). The highest BCUT2D eigenvalue weighted by atomic mass is 35.5. The Morgan fingerprint density at radius 1 is 1.11 bits per heavy atom. The molecule has 9 nitrogen and oxygen atoms in total. The molecular weight excluding hydrogens is 493 g/mol. The van der Waals surface area contributed by atoms with Crippen LogP contribution in [0.1, 0.15) is 21.6 Å². The second kappa shape index (κ2) is 8.53. The highest BCUT2D eigenvalue weighted by molar-refractivity contribution is 6.38. The molecule has 3 heterocycles. The summed E-state index contributed by atoms with van der Waals surface area (Å²) in [6.45, 7) is 1.81. The van der Waals surface area contributed by atoms with Crippen LogP contribution in [-0.2, 0) is 0 Å². The number of hydrogen-bond donors (Lipinski definition) is 2. The summed E-state index contributed by atoms with van der Waals surface area (Å²) in [5, 5.41) is 31.0. The summed E-state index contributed by atoms with van der Waals surface area (Å²) in [4.78, 5) is 27.1. The van der Waals surface area contributed by atoms with Gasteiger partial charge in [0.05, 0.1) is 21.2 Å². The number of halogens is 2. The first-order valence-corrected chi connectivity index (χ1v) is 11.0. The number of rotatable bonds is 5. The van der Waals surface area contributed by atoms with Crippen LogP contribution in [0.2, 0.25) is 10.0 Å². The first kappa shape index (κ1) is 22.6. The number of aromatic amines is 1. The number of nitrogens with zero attached hydrogens (tertiary/aromatic N) is 4. The minimum absolute atomic E-state index is 0.0223. The number of ketones is 1. The molecule has 0 aliphatic heterocycles. The average molecular weight is 508 g/mol. The molecule has 174 valence electrons. The smallest absolute Gasteiger partial charge is 0.297 e. The van der Waals surface area contributed by atoms with Gasteiger partial charge in [-0.1, -0.05) is 29.3 Å². The van der Waals surface area contributed by atoms with Gasteiger partial charge in [0.2, 0.25) is 11.7 Å². The largest absolute Gasteiger partial charge is 0.493 e. The number of H-pyrrole nitrogens is 1. The van der Waals surface area contributed by atoms with Crippen LogP contribution in [0.25, 0.3) is 16.4 Å². The molecule has 3 aromatic heterocycles. The monoisotopic (exact) mass is 507 g/mol. The lowest BCUT2D eigenvalue weighted by molar-refractivity contribution is -0.384. The number of benzene rings is 2. The molecular formula is C24H15Cl2N5O4. The molecule has 2 aromatic carbocycles. The predicted molar refractivity (Wildman–Crippen MR) is 133 cm³/mol. The Hall–Kier alpha value is -4.21. The zero-order chi connectivity index (χ0) is 24.9. The molecule has 0 radical (unpaired) electrons. The highest BCUT2D eigenvalue weighted by Crippen LogP contribution is 2.41. The highest BCUT2D eigenvalue weighted by Gasteiger charge is 2.22. The molecule has 0 unspecified atom stereocenters. The van der Waals surface area contributed by atoms with Gasteiger partial charge in [-0.15, -0.1) is 10.2 Å². The number of aryl methyl sites for hydroxylation is 1. The molecule has 35 heavy (non-hydrogen) atoms. The Kier molecular flexibility index (Phi) is 5.50.